The summed E-state index contributed by atoms with van der Waals surface area (Å²) in [5.74, 6) is 0.528. The van der Waals surface area contributed by atoms with Crippen LogP contribution in [0.4, 0.5) is 5.13 Å². The van der Waals surface area contributed by atoms with E-state index >= 15 is 0 Å². The van der Waals surface area contributed by atoms with Crippen LogP contribution < -0.4 is 5.32 Å². The zero-order valence-corrected chi connectivity index (χ0v) is 12.3. The topological polar surface area (TPSA) is 62.3 Å². The van der Waals surface area contributed by atoms with Crippen LogP contribution in [0.2, 0.25) is 0 Å². The Kier molecular flexibility index (Phi) is 4.76. The molecule has 1 aromatic rings. The van der Waals surface area contributed by atoms with E-state index in [1.807, 2.05) is 4.90 Å². The van der Waals surface area contributed by atoms with E-state index in [-0.39, 0.29) is 11.8 Å². The van der Waals surface area contributed by atoms with E-state index in [0.717, 1.165) is 17.0 Å². The number of hydrogen-bond donors (Lipinski definition) is 1. The van der Waals surface area contributed by atoms with Crippen LogP contribution in [0, 0.1) is 0 Å². The number of anilines is 1. The lowest BCUT2D eigenvalue weighted by atomic mass is 10.1. The highest BCUT2D eigenvalue weighted by atomic mass is 35.5. The molecular formula is C12H16ClN3O2S. The third-order valence-electron chi connectivity index (χ3n) is 2.89. The van der Waals surface area contributed by atoms with E-state index in [9.17, 15) is 9.59 Å². The van der Waals surface area contributed by atoms with Gasteiger partial charge in [0.2, 0.25) is 11.8 Å². The Balaban J connectivity index is 2.01. The number of nitrogens with one attached hydrogen (secondary N) is 1. The molecule has 2 amide bonds. The molecule has 0 radical (unpaired) electrons. The highest BCUT2D eigenvalue weighted by molar-refractivity contribution is 7.15. The normalized spacial score (nSPS) is 14.1. The fraction of sp³-hybridized carbons (Fsp3) is 0.583. The SMILES string of the molecule is CC(=O)Nc1nc2c(s1)CN(C(=O)CCCCl)CC2. The van der Waals surface area contributed by atoms with Crippen molar-refractivity contribution in [2.75, 3.05) is 17.7 Å². The number of carbonyl (C=O) groups excluding carboxylic acids is 2. The van der Waals surface area contributed by atoms with Gasteiger partial charge >= 0.3 is 0 Å². The fourth-order valence-corrected chi connectivity index (χ4v) is 3.19. The van der Waals surface area contributed by atoms with Gasteiger partial charge in [-0.1, -0.05) is 11.3 Å². The number of halogens is 1. The second-order valence-corrected chi connectivity index (χ2v) is 5.89. The Hall–Kier alpha value is -1.14. The highest BCUT2D eigenvalue weighted by Crippen LogP contribution is 2.28. The molecule has 1 aliphatic rings. The number of fused-ring (bicyclic) bond motifs is 1. The second-order valence-electron chi connectivity index (χ2n) is 4.43. The lowest BCUT2D eigenvalue weighted by molar-refractivity contribution is -0.132. The van der Waals surface area contributed by atoms with Crippen LogP contribution in [0.3, 0.4) is 0 Å². The summed E-state index contributed by atoms with van der Waals surface area (Å²) in [5.41, 5.74) is 0.996. The number of rotatable bonds is 4. The molecule has 1 aliphatic heterocycles. The summed E-state index contributed by atoms with van der Waals surface area (Å²) in [6.07, 6.45) is 1.96. The number of amides is 2. The lowest BCUT2D eigenvalue weighted by Gasteiger charge is -2.26. The molecule has 19 heavy (non-hydrogen) atoms. The fourth-order valence-electron chi connectivity index (χ4n) is 1.99. The summed E-state index contributed by atoms with van der Waals surface area (Å²) in [5, 5.41) is 3.31. The minimum Gasteiger partial charge on any atom is -0.337 e. The van der Waals surface area contributed by atoms with Gasteiger partial charge in [0.05, 0.1) is 12.2 Å². The molecule has 0 bridgehead atoms. The van der Waals surface area contributed by atoms with Gasteiger partial charge in [-0.3, -0.25) is 9.59 Å². The standard InChI is InChI=1S/C12H16ClN3O2S/c1-8(17)14-12-15-9-4-6-16(7-10(9)19-12)11(18)3-2-5-13/h2-7H2,1H3,(H,14,15,17). The van der Waals surface area contributed by atoms with Crippen molar-refractivity contribution in [2.24, 2.45) is 0 Å². The molecule has 1 N–H and O–H groups in total. The number of carbonyl (C=O) groups is 2. The maximum Gasteiger partial charge on any atom is 0.223 e. The summed E-state index contributed by atoms with van der Waals surface area (Å²) in [6, 6.07) is 0. The number of hydrogen-bond acceptors (Lipinski definition) is 4. The summed E-state index contributed by atoms with van der Waals surface area (Å²) >= 11 is 7.04. The molecule has 0 saturated heterocycles. The van der Waals surface area contributed by atoms with Gasteiger partial charge in [-0.2, -0.15) is 0 Å². The average molecular weight is 302 g/mol. The van der Waals surface area contributed by atoms with Crippen LogP contribution in [0.15, 0.2) is 0 Å². The first-order valence-electron chi connectivity index (χ1n) is 6.20. The van der Waals surface area contributed by atoms with Gasteiger partial charge in [0, 0.05) is 37.1 Å². The third kappa shape index (κ3) is 3.67. The monoisotopic (exact) mass is 301 g/mol. The lowest BCUT2D eigenvalue weighted by Crippen LogP contribution is -2.35. The van der Waals surface area contributed by atoms with E-state index in [4.69, 9.17) is 11.6 Å². The first-order chi connectivity index (χ1) is 9.10. The van der Waals surface area contributed by atoms with E-state index in [1.54, 1.807) is 0 Å². The highest BCUT2D eigenvalue weighted by Gasteiger charge is 2.23. The molecule has 104 valence electrons. The number of alkyl halides is 1. The van der Waals surface area contributed by atoms with Gasteiger partial charge in [-0.15, -0.1) is 11.6 Å². The van der Waals surface area contributed by atoms with Crippen molar-refractivity contribution < 1.29 is 9.59 Å². The molecule has 1 aromatic heterocycles. The first-order valence-corrected chi connectivity index (χ1v) is 7.55. The zero-order valence-electron chi connectivity index (χ0n) is 10.7. The maximum absolute atomic E-state index is 11.9. The number of nitrogens with zero attached hydrogens (tertiary/aromatic N) is 2. The van der Waals surface area contributed by atoms with E-state index < -0.39 is 0 Å². The number of aromatic nitrogens is 1. The molecule has 0 spiro atoms. The van der Waals surface area contributed by atoms with Crippen molar-refractivity contribution in [1.29, 1.82) is 0 Å². The zero-order chi connectivity index (χ0) is 13.8. The molecule has 0 aliphatic carbocycles. The van der Waals surface area contributed by atoms with E-state index in [2.05, 4.69) is 10.3 Å². The van der Waals surface area contributed by atoms with E-state index in [1.165, 1.54) is 18.3 Å². The summed E-state index contributed by atoms with van der Waals surface area (Å²) in [4.78, 5) is 30.2. The van der Waals surface area contributed by atoms with Crippen LogP contribution in [-0.4, -0.2) is 34.1 Å². The van der Waals surface area contributed by atoms with Crippen LogP contribution in [0.25, 0.3) is 0 Å². The van der Waals surface area contributed by atoms with E-state index in [0.29, 0.717) is 36.9 Å². The molecule has 0 unspecified atom stereocenters. The Morgan fingerprint density at radius 1 is 1.53 bits per heavy atom. The largest absolute Gasteiger partial charge is 0.337 e. The Morgan fingerprint density at radius 2 is 2.32 bits per heavy atom. The molecule has 2 heterocycles. The molecule has 0 aromatic carbocycles. The molecule has 0 saturated carbocycles. The van der Waals surface area contributed by atoms with Crippen LogP contribution >= 0.6 is 22.9 Å². The quantitative estimate of drug-likeness (QED) is 0.865. The number of thiazole rings is 1. The van der Waals surface area contributed by atoms with Crippen LogP contribution in [-0.2, 0) is 22.6 Å². The molecule has 0 fully saturated rings. The Morgan fingerprint density at radius 3 is 3.00 bits per heavy atom. The minimum atomic E-state index is -0.124. The van der Waals surface area contributed by atoms with Crippen molar-refractivity contribution in [2.45, 2.75) is 32.7 Å². The predicted octanol–water partition coefficient (Wildman–Crippen LogP) is 2.01. The van der Waals surface area contributed by atoms with Crippen LogP contribution in [0.5, 0.6) is 0 Å². The molecule has 7 heteroatoms. The van der Waals surface area contributed by atoms with Crippen molar-refractivity contribution in [3.05, 3.63) is 10.6 Å². The van der Waals surface area contributed by atoms with Crippen molar-refractivity contribution in [3.63, 3.8) is 0 Å². The maximum atomic E-state index is 11.9. The summed E-state index contributed by atoms with van der Waals surface area (Å²) in [7, 11) is 0. The van der Waals surface area contributed by atoms with Crippen molar-refractivity contribution in [3.8, 4) is 0 Å². The second kappa shape index (κ2) is 6.34. The predicted molar refractivity (Wildman–Crippen MR) is 75.5 cm³/mol. The van der Waals surface area contributed by atoms with Gasteiger partial charge < -0.3 is 10.2 Å². The minimum absolute atomic E-state index is 0.124. The smallest absolute Gasteiger partial charge is 0.223 e. The van der Waals surface area contributed by atoms with Gasteiger partial charge in [0.15, 0.2) is 5.13 Å². The third-order valence-corrected chi connectivity index (χ3v) is 4.16. The summed E-state index contributed by atoms with van der Waals surface area (Å²) in [6.45, 7) is 2.74. The molecule has 5 nitrogen and oxygen atoms in total. The first kappa shape index (κ1) is 14.3. The average Bonchev–Trinajstić information content (AvgIpc) is 2.75. The molecule has 2 rings (SSSR count). The van der Waals surface area contributed by atoms with Crippen molar-refractivity contribution >= 4 is 39.9 Å². The van der Waals surface area contributed by atoms with Gasteiger partial charge in [-0.25, -0.2) is 4.98 Å². The van der Waals surface area contributed by atoms with Gasteiger partial charge in [-0.05, 0) is 6.42 Å². The Labute approximate surface area is 121 Å². The van der Waals surface area contributed by atoms with Crippen LogP contribution in [0.1, 0.15) is 30.3 Å². The summed E-state index contributed by atoms with van der Waals surface area (Å²) < 4.78 is 0. The van der Waals surface area contributed by atoms with Crippen molar-refractivity contribution in [1.82, 2.24) is 9.88 Å². The Bertz CT molecular complexity index is 489. The molecule has 0 atom stereocenters. The molecular weight excluding hydrogens is 286 g/mol. The van der Waals surface area contributed by atoms with Gasteiger partial charge in [0.25, 0.3) is 0 Å². The van der Waals surface area contributed by atoms with Gasteiger partial charge in [0.1, 0.15) is 0 Å².